The molecule has 8 nitrogen and oxygen atoms in total. The van der Waals surface area contributed by atoms with Crippen LogP contribution in [0.15, 0.2) is 12.2 Å². The SMILES string of the molecule is C=C(CCC(COC(=O)CC(C)=O)OC(=O)CC(C)=O)C(=O)O. The van der Waals surface area contributed by atoms with Crippen molar-refractivity contribution in [1.29, 1.82) is 0 Å². The number of Topliss-reactive ketones (excluding diaryl/α,β-unsaturated/α-hetero) is 2. The molecule has 0 amide bonds. The number of ether oxygens (including phenoxy) is 2. The second-order valence-electron chi connectivity index (χ2n) is 5.00. The van der Waals surface area contributed by atoms with Gasteiger partial charge in [0.15, 0.2) is 0 Å². The summed E-state index contributed by atoms with van der Waals surface area (Å²) >= 11 is 0. The van der Waals surface area contributed by atoms with E-state index in [-0.39, 0.29) is 30.8 Å². The highest BCUT2D eigenvalue weighted by Gasteiger charge is 2.19. The molecule has 0 aromatic heterocycles. The van der Waals surface area contributed by atoms with Crippen LogP contribution in [0.5, 0.6) is 0 Å². The zero-order valence-corrected chi connectivity index (χ0v) is 13.1. The van der Waals surface area contributed by atoms with Gasteiger partial charge in [-0.15, -0.1) is 0 Å². The summed E-state index contributed by atoms with van der Waals surface area (Å²) in [4.78, 5) is 55.1. The summed E-state index contributed by atoms with van der Waals surface area (Å²) in [6.07, 6.45) is -1.69. The molecule has 1 atom stereocenters. The van der Waals surface area contributed by atoms with E-state index in [9.17, 15) is 24.0 Å². The van der Waals surface area contributed by atoms with Crippen molar-refractivity contribution in [3.05, 3.63) is 12.2 Å². The smallest absolute Gasteiger partial charge is 0.330 e. The molecule has 0 spiro atoms. The van der Waals surface area contributed by atoms with Crippen molar-refractivity contribution >= 4 is 29.5 Å². The van der Waals surface area contributed by atoms with E-state index in [4.69, 9.17) is 14.6 Å². The molecule has 1 N–H and O–H groups in total. The number of carboxylic acids is 1. The number of rotatable bonds is 11. The van der Waals surface area contributed by atoms with Crippen LogP contribution in [0.4, 0.5) is 0 Å². The highest BCUT2D eigenvalue weighted by Crippen LogP contribution is 2.11. The Balaban J connectivity index is 4.58. The summed E-state index contributed by atoms with van der Waals surface area (Å²) in [5.41, 5.74) is -0.0901. The third kappa shape index (κ3) is 10.8. The van der Waals surface area contributed by atoms with Gasteiger partial charge in [0, 0.05) is 5.57 Å². The lowest BCUT2D eigenvalue weighted by molar-refractivity contribution is -0.161. The Morgan fingerprint density at radius 3 is 2.00 bits per heavy atom. The van der Waals surface area contributed by atoms with Crippen LogP contribution in [0, 0.1) is 0 Å². The normalized spacial score (nSPS) is 11.2. The van der Waals surface area contributed by atoms with Gasteiger partial charge >= 0.3 is 17.9 Å². The summed E-state index contributed by atoms with van der Waals surface area (Å²) < 4.78 is 9.81. The summed E-state index contributed by atoms with van der Waals surface area (Å²) in [5, 5.41) is 8.74. The van der Waals surface area contributed by atoms with Gasteiger partial charge in [-0.2, -0.15) is 0 Å². The maximum absolute atomic E-state index is 11.5. The van der Waals surface area contributed by atoms with Gasteiger partial charge in [0.25, 0.3) is 0 Å². The van der Waals surface area contributed by atoms with E-state index in [1.807, 2.05) is 0 Å². The predicted molar refractivity (Wildman–Crippen MR) is 77.4 cm³/mol. The largest absolute Gasteiger partial charge is 0.478 e. The second-order valence-corrected chi connectivity index (χ2v) is 5.00. The van der Waals surface area contributed by atoms with Crippen LogP contribution in [-0.4, -0.2) is 47.3 Å². The zero-order chi connectivity index (χ0) is 18.0. The van der Waals surface area contributed by atoms with Crippen LogP contribution < -0.4 is 0 Å². The van der Waals surface area contributed by atoms with Crippen molar-refractivity contribution in [3.63, 3.8) is 0 Å². The third-order valence-corrected chi connectivity index (χ3v) is 2.59. The van der Waals surface area contributed by atoms with Crippen LogP contribution in [0.25, 0.3) is 0 Å². The zero-order valence-electron chi connectivity index (χ0n) is 13.1. The number of hydrogen-bond acceptors (Lipinski definition) is 7. The van der Waals surface area contributed by atoms with Crippen molar-refractivity contribution in [3.8, 4) is 0 Å². The molecule has 23 heavy (non-hydrogen) atoms. The van der Waals surface area contributed by atoms with Gasteiger partial charge in [-0.25, -0.2) is 4.79 Å². The first-order chi connectivity index (χ1) is 10.6. The fraction of sp³-hybridized carbons (Fsp3) is 0.533. The molecule has 0 aliphatic heterocycles. The van der Waals surface area contributed by atoms with E-state index in [0.29, 0.717) is 0 Å². The Hall–Kier alpha value is -2.51. The predicted octanol–water partition coefficient (Wildman–Crippen LogP) is 0.821. The van der Waals surface area contributed by atoms with Gasteiger partial charge in [0.2, 0.25) is 0 Å². The molecule has 0 fully saturated rings. The minimum Gasteiger partial charge on any atom is -0.478 e. The lowest BCUT2D eigenvalue weighted by atomic mass is 10.1. The first-order valence-electron chi connectivity index (χ1n) is 6.86. The lowest BCUT2D eigenvalue weighted by Gasteiger charge is -2.17. The maximum atomic E-state index is 11.5. The number of carbonyl (C=O) groups excluding carboxylic acids is 4. The van der Waals surface area contributed by atoms with E-state index in [1.165, 1.54) is 13.8 Å². The average molecular weight is 328 g/mol. The molecule has 0 aromatic rings. The molecular formula is C15H20O8. The van der Waals surface area contributed by atoms with Gasteiger partial charge in [-0.3, -0.25) is 19.2 Å². The van der Waals surface area contributed by atoms with E-state index in [2.05, 4.69) is 6.58 Å². The van der Waals surface area contributed by atoms with Gasteiger partial charge in [-0.1, -0.05) is 6.58 Å². The molecule has 128 valence electrons. The van der Waals surface area contributed by atoms with E-state index in [0.717, 1.165) is 0 Å². The van der Waals surface area contributed by atoms with Crippen LogP contribution in [0.1, 0.15) is 39.5 Å². The molecule has 0 saturated heterocycles. The quantitative estimate of drug-likeness (QED) is 0.336. The van der Waals surface area contributed by atoms with E-state index >= 15 is 0 Å². The average Bonchev–Trinajstić information content (AvgIpc) is 2.39. The Morgan fingerprint density at radius 2 is 1.52 bits per heavy atom. The molecular weight excluding hydrogens is 308 g/mol. The number of carbonyl (C=O) groups is 5. The van der Waals surface area contributed by atoms with Crippen molar-refractivity contribution in [1.82, 2.24) is 0 Å². The van der Waals surface area contributed by atoms with Crippen LogP contribution in [-0.2, 0) is 33.4 Å². The fourth-order valence-electron chi connectivity index (χ4n) is 1.49. The molecule has 0 aromatic carbocycles. The Labute approximate surface area is 133 Å². The molecule has 0 bridgehead atoms. The van der Waals surface area contributed by atoms with Crippen LogP contribution in [0.3, 0.4) is 0 Å². The van der Waals surface area contributed by atoms with Gasteiger partial charge in [-0.05, 0) is 26.7 Å². The molecule has 0 heterocycles. The van der Waals surface area contributed by atoms with Crippen LogP contribution >= 0.6 is 0 Å². The number of hydrogen-bond donors (Lipinski definition) is 1. The van der Waals surface area contributed by atoms with E-state index in [1.54, 1.807) is 0 Å². The number of aliphatic carboxylic acids is 1. The first kappa shape index (κ1) is 20.5. The summed E-state index contributed by atoms with van der Waals surface area (Å²) in [5.74, 6) is -3.53. The van der Waals surface area contributed by atoms with Crippen LogP contribution in [0.2, 0.25) is 0 Å². The highest BCUT2D eigenvalue weighted by atomic mass is 16.6. The summed E-state index contributed by atoms with van der Waals surface area (Å²) in [6.45, 7) is 5.45. The van der Waals surface area contributed by atoms with Gasteiger partial charge < -0.3 is 14.6 Å². The molecule has 0 saturated carbocycles. The van der Waals surface area contributed by atoms with E-state index < -0.39 is 42.6 Å². The minimum atomic E-state index is -1.19. The minimum absolute atomic E-state index is 0.0115. The molecule has 1 unspecified atom stereocenters. The monoisotopic (exact) mass is 328 g/mol. The van der Waals surface area contributed by atoms with Crippen molar-refractivity contribution in [2.45, 2.75) is 45.6 Å². The van der Waals surface area contributed by atoms with Crippen molar-refractivity contribution in [2.75, 3.05) is 6.61 Å². The fourth-order valence-corrected chi connectivity index (χ4v) is 1.49. The number of esters is 2. The molecule has 0 rings (SSSR count). The van der Waals surface area contributed by atoms with Gasteiger partial charge in [0.1, 0.15) is 37.1 Å². The number of carboxylic acid groups (broad SMARTS) is 1. The number of ketones is 2. The molecule has 0 aliphatic rings. The first-order valence-corrected chi connectivity index (χ1v) is 6.86. The highest BCUT2D eigenvalue weighted by molar-refractivity contribution is 5.94. The lowest BCUT2D eigenvalue weighted by Crippen LogP contribution is -2.27. The van der Waals surface area contributed by atoms with Gasteiger partial charge in [0.05, 0.1) is 0 Å². The maximum Gasteiger partial charge on any atom is 0.330 e. The summed E-state index contributed by atoms with van der Waals surface area (Å²) in [7, 11) is 0. The topological polar surface area (TPSA) is 124 Å². The molecule has 0 radical (unpaired) electrons. The Morgan fingerprint density at radius 1 is 1.00 bits per heavy atom. The van der Waals surface area contributed by atoms with Crippen molar-refractivity contribution in [2.24, 2.45) is 0 Å². The standard InChI is InChI=1S/C15H20O8/c1-9(15(20)21)4-5-12(23-14(19)7-11(3)17)8-22-13(18)6-10(2)16/h12H,1,4-8H2,2-3H3,(H,20,21). The third-order valence-electron chi connectivity index (χ3n) is 2.59. The molecule has 0 aliphatic carbocycles. The Bertz CT molecular complexity index is 506. The van der Waals surface area contributed by atoms with Crippen molar-refractivity contribution < 1.29 is 38.6 Å². The second kappa shape index (κ2) is 10.3. The summed E-state index contributed by atoms with van der Waals surface area (Å²) in [6, 6.07) is 0. The molecule has 8 heteroatoms. The Kier molecular flexibility index (Phi) is 9.14.